The van der Waals surface area contributed by atoms with Crippen molar-refractivity contribution >= 4 is 16.9 Å². The SMILES string of the molecule is NCCCNCCCCNCCCN.N[C@@H](Cc1c[nH]c2ccccc12)C(=O)O. The minimum atomic E-state index is -0.972. The van der Waals surface area contributed by atoms with Gasteiger partial charge in [0.25, 0.3) is 0 Å². The van der Waals surface area contributed by atoms with Gasteiger partial charge in [-0.05, 0) is 76.6 Å². The number of nitrogens with two attached hydrogens (primary N) is 3. The summed E-state index contributed by atoms with van der Waals surface area (Å²) in [5, 5.41) is 16.5. The maximum Gasteiger partial charge on any atom is 0.320 e. The molecule has 0 aliphatic heterocycles. The Morgan fingerprint density at radius 3 is 2.07 bits per heavy atom. The molecule has 0 radical (unpaired) electrons. The zero-order valence-corrected chi connectivity index (χ0v) is 17.3. The predicted octanol–water partition coefficient (Wildman–Crippen LogP) is 0.766. The van der Waals surface area contributed by atoms with E-state index in [9.17, 15) is 4.79 Å². The highest BCUT2D eigenvalue weighted by Gasteiger charge is 2.14. The third-order valence-corrected chi connectivity index (χ3v) is 4.50. The van der Waals surface area contributed by atoms with Gasteiger partial charge in [-0.2, -0.15) is 0 Å². The molecule has 1 atom stereocenters. The first kappa shape index (κ1) is 25.1. The van der Waals surface area contributed by atoms with Gasteiger partial charge in [-0.3, -0.25) is 4.79 Å². The molecule has 8 heteroatoms. The molecule has 0 fully saturated rings. The maximum absolute atomic E-state index is 10.6. The number of carbonyl (C=O) groups is 1. The van der Waals surface area contributed by atoms with Crippen LogP contribution in [0.5, 0.6) is 0 Å². The second kappa shape index (κ2) is 15.9. The zero-order chi connectivity index (χ0) is 21.3. The minimum Gasteiger partial charge on any atom is -0.480 e. The highest BCUT2D eigenvalue weighted by Crippen LogP contribution is 2.18. The fourth-order valence-corrected chi connectivity index (χ4v) is 2.83. The second-order valence-electron chi connectivity index (χ2n) is 7.00. The van der Waals surface area contributed by atoms with E-state index >= 15 is 0 Å². The van der Waals surface area contributed by atoms with Crippen molar-refractivity contribution in [3.63, 3.8) is 0 Å². The lowest BCUT2D eigenvalue weighted by molar-refractivity contribution is -0.138. The molecule has 0 saturated carbocycles. The van der Waals surface area contributed by atoms with Gasteiger partial charge in [0.2, 0.25) is 0 Å². The Labute approximate surface area is 173 Å². The Morgan fingerprint density at radius 1 is 0.966 bits per heavy atom. The van der Waals surface area contributed by atoms with Crippen molar-refractivity contribution in [2.75, 3.05) is 39.3 Å². The van der Waals surface area contributed by atoms with E-state index in [4.69, 9.17) is 22.3 Å². The number of carboxylic acid groups (broad SMARTS) is 1. The standard InChI is InChI=1S/C11H12N2O2.C10H26N4/c12-9(11(14)15)5-7-6-13-10-4-2-1-3-8(7)10;11-5-3-9-13-7-1-2-8-14-10-4-6-12/h1-4,6,9,13H,5,12H2,(H,14,15);13-14H,1-12H2/t9-;/m0./s1. The lowest BCUT2D eigenvalue weighted by Crippen LogP contribution is -2.32. The zero-order valence-electron chi connectivity index (χ0n) is 17.3. The van der Waals surface area contributed by atoms with E-state index in [1.54, 1.807) is 0 Å². The average molecular weight is 407 g/mol. The Hall–Kier alpha value is -1.97. The lowest BCUT2D eigenvalue weighted by Gasteiger charge is -2.04. The smallest absolute Gasteiger partial charge is 0.320 e. The number of hydrogen-bond acceptors (Lipinski definition) is 6. The summed E-state index contributed by atoms with van der Waals surface area (Å²) in [6.45, 7) is 5.90. The van der Waals surface area contributed by atoms with Gasteiger partial charge in [-0.1, -0.05) is 18.2 Å². The number of aromatic amines is 1. The summed E-state index contributed by atoms with van der Waals surface area (Å²) in [6, 6.07) is 6.91. The van der Waals surface area contributed by atoms with Crippen LogP contribution in [0, 0.1) is 0 Å². The quantitative estimate of drug-likeness (QED) is 0.228. The van der Waals surface area contributed by atoms with Gasteiger partial charge in [0.1, 0.15) is 6.04 Å². The van der Waals surface area contributed by atoms with Crippen LogP contribution in [0.15, 0.2) is 30.5 Å². The van der Waals surface area contributed by atoms with Crippen LogP contribution in [0.4, 0.5) is 0 Å². The number of benzene rings is 1. The summed E-state index contributed by atoms with van der Waals surface area (Å²) in [7, 11) is 0. The van der Waals surface area contributed by atoms with Crippen molar-refractivity contribution < 1.29 is 9.90 Å². The van der Waals surface area contributed by atoms with Gasteiger partial charge in [-0.15, -0.1) is 0 Å². The monoisotopic (exact) mass is 406 g/mol. The van der Waals surface area contributed by atoms with Crippen LogP contribution in [0.3, 0.4) is 0 Å². The third-order valence-electron chi connectivity index (χ3n) is 4.50. The molecular weight excluding hydrogens is 368 g/mol. The van der Waals surface area contributed by atoms with Gasteiger partial charge >= 0.3 is 5.97 Å². The fraction of sp³-hybridized carbons (Fsp3) is 0.571. The Bertz CT molecular complexity index is 664. The molecule has 1 aromatic carbocycles. The molecule has 0 aliphatic rings. The highest BCUT2D eigenvalue weighted by molar-refractivity contribution is 5.84. The molecule has 10 N–H and O–H groups in total. The summed E-state index contributed by atoms with van der Waals surface area (Å²) >= 11 is 0. The van der Waals surface area contributed by atoms with Crippen LogP contribution >= 0.6 is 0 Å². The number of aliphatic carboxylic acids is 1. The molecule has 0 spiro atoms. The molecule has 2 aromatic rings. The van der Waals surface area contributed by atoms with Crippen LogP contribution < -0.4 is 27.8 Å². The molecule has 8 nitrogen and oxygen atoms in total. The van der Waals surface area contributed by atoms with E-state index in [1.807, 2.05) is 30.5 Å². The fourth-order valence-electron chi connectivity index (χ4n) is 2.83. The van der Waals surface area contributed by atoms with Crippen LogP contribution in [0.25, 0.3) is 10.9 Å². The van der Waals surface area contributed by atoms with Gasteiger partial charge < -0.3 is 37.9 Å². The molecule has 0 aliphatic carbocycles. The first-order chi connectivity index (χ1) is 14.1. The maximum atomic E-state index is 10.6. The molecule has 1 aromatic heterocycles. The molecular formula is C21H38N6O2. The number of H-pyrrole nitrogens is 1. The number of aromatic nitrogens is 1. The Kier molecular flexibility index (Phi) is 13.7. The predicted molar refractivity (Wildman–Crippen MR) is 120 cm³/mol. The Morgan fingerprint density at radius 2 is 1.52 bits per heavy atom. The van der Waals surface area contributed by atoms with E-state index < -0.39 is 12.0 Å². The number of rotatable bonds is 14. The van der Waals surface area contributed by atoms with Crippen molar-refractivity contribution in [1.82, 2.24) is 15.6 Å². The summed E-state index contributed by atoms with van der Waals surface area (Å²) in [6.07, 6.45) is 6.79. The molecule has 0 bridgehead atoms. The Balaban J connectivity index is 0.000000291. The van der Waals surface area contributed by atoms with Gasteiger partial charge in [0.05, 0.1) is 0 Å². The molecule has 2 rings (SSSR count). The van der Waals surface area contributed by atoms with Crippen molar-refractivity contribution in [3.8, 4) is 0 Å². The number of unbranched alkanes of at least 4 members (excludes halogenated alkanes) is 1. The normalized spacial score (nSPS) is 11.8. The molecule has 164 valence electrons. The number of carboxylic acids is 1. The van der Waals surface area contributed by atoms with E-state index in [0.29, 0.717) is 6.42 Å². The second-order valence-corrected chi connectivity index (χ2v) is 7.00. The molecule has 29 heavy (non-hydrogen) atoms. The van der Waals surface area contributed by atoms with Crippen molar-refractivity contribution in [2.24, 2.45) is 17.2 Å². The van der Waals surface area contributed by atoms with Gasteiger partial charge in [-0.25, -0.2) is 0 Å². The van der Waals surface area contributed by atoms with Crippen molar-refractivity contribution in [1.29, 1.82) is 0 Å². The summed E-state index contributed by atoms with van der Waals surface area (Å²) in [5.41, 5.74) is 18.2. The summed E-state index contributed by atoms with van der Waals surface area (Å²) in [4.78, 5) is 13.7. The van der Waals surface area contributed by atoms with Crippen molar-refractivity contribution in [2.45, 2.75) is 38.1 Å². The first-order valence-corrected chi connectivity index (χ1v) is 10.4. The highest BCUT2D eigenvalue weighted by atomic mass is 16.4. The lowest BCUT2D eigenvalue weighted by atomic mass is 10.1. The summed E-state index contributed by atoms with van der Waals surface area (Å²) in [5.74, 6) is -0.972. The van der Waals surface area contributed by atoms with Gasteiger partial charge in [0, 0.05) is 23.5 Å². The minimum absolute atomic E-state index is 0.347. The van der Waals surface area contributed by atoms with Crippen LogP contribution in [-0.2, 0) is 11.2 Å². The molecule has 0 saturated heterocycles. The third kappa shape index (κ3) is 11.0. The number of nitrogens with one attached hydrogen (secondary N) is 3. The number of para-hydroxylation sites is 1. The largest absolute Gasteiger partial charge is 0.480 e. The molecule has 0 amide bonds. The number of hydrogen-bond donors (Lipinski definition) is 7. The average Bonchev–Trinajstić information content (AvgIpc) is 3.13. The van der Waals surface area contributed by atoms with E-state index in [0.717, 1.165) is 68.6 Å². The van der Waals surface area contributed by atoms with Crippen LogP contribution in [0.1, 0.15) is 31.2 Å². The molecule has 0 unspecified atom stereocenters. The topological polar surface area (TPSA) is 155 Å². The van der Waals surface area contributed by atoms with Crippen LogP contribution in [0.2, 0.25) is 0 Å². The first-order valence-electron chi connectivity index (χ1n) is 10.4. The van der Waals surface area contributed by atoms with Crippen LogP contribution in [-0.4, -0.2) is 61.4 Å². The molecule has 1 heterocycles. The van der Waals surface area contributed by atoms with E-state index in [-0.39, 0.29) is 0 Å². The summed E-state index contributed by atoms with van der Waals surface area (Å²) < 4.78 is 0. The van der Waals surface area contributed by atoms with E-state index in [2.05, 4.69) is 15.6 Å². The van der Waals surface area contributed by atoms with Gasteiger partial charge in [0.15, 0.2) is 0 Å². The van der Waals surface area contributed by atoms with Crippen molar-refractivity contribution in [3.05, 3.63) is 36.0 Å². The number of fused-ring (bicyclic) bond motifs is 1. The van der Waals surface area contributed by atoms with E-state index in [1.165, 1.54) is 12.8 Å².